The van der Waals surface area contributed by atoms with Gasteiger partial charge in [0.1, 0.15) is 6.04 Å². The maximum atomic E-state index is 9.99. The standard InChI is InChI=1S/C4H8N2O3.Na.H/c5-2(4(8)9)1-3(6)7;;/h2H,1,5H2,(H2,6,7)(H,8,9);;/q;+1;-1. The third kappa shape index (κ3) is 6.03. The van der Waals surface area contributed by atoms with Crippen molar-refractivity contribution >= 4 is 11.9 Å². The molecular formula is C4H9N2NaO3. The molecule has 0 aliphatic heterocycles. The van der Waals surface area contributed by atoms with Crippen molar-refractivity contribution in [3.05, 3.63) is 0 Å². The van der Waals surface area contributed by atoms with Crippen molar-refractivity contribution in [2.45, 2.75) is 12.5 Å². The van der Waals surface area contributed by atoms with Crippen molar-refractivity contribution in [3.8, 4) is 0 Å². The SMILES string of the molecule is NC(=O)CC(N)C(=O)O.[H-].[Na+]. The monoisotopic (exact) mass is 156 g/mol. The van der Waals surface area contributed by atoms with Crippen LogP contribution in [0, 0.1) is 0 Å². The number of carboxylic acid groups (broad SMARTS) is 1. The van der Waals surface area contributed by atoms with Gasteiger partial charge >= 0.3 is 35.5 Å². The molecule has 0 spiro atoms. The summed E-state index contributed by atoms with van der Waals surface area (Å²) >= 11 is 0. The van der Waals surface area contributed by atoms with Crippen LogP contribution in [0.2, 0.25) is 0 Å². The molecule has 1 unspecified atom stereocenters. The van der Waals surface area contributed by atoms with E-state index in [1.165, 1.54) is 0 Å². The third-order valence-electron chi connectivity index (χ3n) is 0.738. The molecule has 5 N–H and O–H groups in total. The first-order chi connectivity index (χ1) is 4.04. The van der Waals surface area contributed by atoms with Crippen LogP contribution in [-0.2, 0) is 9.59 Å². The predicted octanol–water partition coefficient (Wildman–Crippen LogP) is -4.61. The van der Waals surface area contributed by atoms with Crippen LogP contribution in [0.15, 0.2) is 0 Å². The van der Waals surface area contributed by atoms with Gasteiger partial charge in [0.2, 0.25) is 5.91 Å². The van der Waals surface area contributed by atoms with Gasteiger partial charge in [-0.2, -0.15) is 0 Å². The molecule has 0 aromatic heterocycles. The van der Waals surface area contributed by atoms with Crippen molar-refractivity contribution in [1.82, 2.24) is 0 Å². The van der Waals surface area contributed by atoms with Gasteiger partial charge in [0.25, 0.3) is 0 Å². The van der Waals surface area contributed by atoms with Gasteiger partial charge in [-0.05, 0) is 0 Å². The molecule has 0 heterocycles. The Hall–Kier alpha value is -0.100. The number of carbonyl (C=O) groups is 2. The van der Waals surface area contributed by atoms with Crippen molar-refractivity contribution in [1.29, 1.82) is 0 Å². The zero-order chi connectivity index (χ0) is 7.44. The summed E-state index contributed by atoms with van der Waals surface area (Å²) in [5, 5.41) is 8.10. The molecule has 0 saturated carbocycles. The maximum absolute atomic E-state index is 9.99. The Morgan fingerprint density at radius 2 is 2.00 bits per heavy atom. The molecule has 0 aromatic rings. The van der Waals surface area contributed by atoms with Gasteiger partial charge in [0, 0.05) is 0 Å². The second-order valence-corrected chi connectivity index (χ2v) is 1.62. The van der Waals surface area contributed by atoms with Crippen LogP contribution in [-0.4, -0.2) is 23.0 Å². The fourth-order valence-electron chi connectivity index (χ4n) is 0.304. The summed E-state index contributed by atoms with van der Waals surface area (Å²) in [6.07, 6.45) is -0.310. The number of carbonyl (C=O) groups excluding carboxylic acids is 1. The van der Waals surface area contributed by atoms with E-state index in [1.807, 2.05) is 0 Å². The normalized spacial score (nSPS) is 11.3. The van der Waals surface area contributed by atoms with Crippen LogP contribution in [0.1, 0.15) is 7.85 Å². The number of amides is 1. The van der Waals surface area contributed by atoms with Crippen molar-refractivity contribution < 1.29 is 45.7 Å². The molecule has 54 valence electrons. The Kier molecular flexibility index (Phi) is 7.12. The van der Waals surface area contributed by atoms with E-state index in [0.29, 0.717) is 0 Å². The topological polar surface area (TPSA) is 106 Å². The first-order valence-electron chi connectivity index (χ1n) is 2.30. The molecule has 0 aliphatic rings. The Bertz CT molecular complexity index is 143. The predicted molar refractivity (Wildman–Crippen MR) is 30.5 cm³/mol. The number of carboxylic acids is 1. The van der Waals surface area contributed by atoms with E-state index in [0.717, 1.165) is 0 Å². The van der Waals surface area contributed by atoms with Gasteiger partial charge in [0.15, 0.2) is 0 Å². The maximum Gasteiger partial charge on any atom is 1.00 e. The van der Waals surface area contributed by atoms with Gasteiger partial charge < -0.3 is 18.0 Å². The summed E-state index contributed by atoms with van der Waals surface area (Å²) in [5.74, 6) is -1.92. The molecule has 0 bridgehead atoms. The van der Waals surface area contributed by atoms with Crippen LogP contribution in [0.5, 0.6) is 0 Å². The minimum atomic E-state index is -1.21. The number of aliphatic carboxylic acids is 1. The first kappa shape index (κ1) is 12.6. The molecule has 0 fully saturated rings. The Morgan fingerprint density at radius 1 is 1.60 bits per heavy atom. The van der Waals surface area contributed by atoms with E-state index in [9.17, 15) is 9.59 Å². The molecule has 0 radical (unpaired) electrons. The number of hydrogen-bond acceptors (Lipinski definition) is 3. The minimum absolute atomic E-state index is 0. The van der Waals surface area contributed by atoms with Gasteiger partial charge in [-0.3, -0.25) is 9.59 Å². The molecule has 6 heteroatoms. The molecule has 1 amide bonds. The minimum Gasteiger partial charge on any atom is -1.00 e. The van der Waals surface area contributed by atoms with E-state index in [4.69, 9.17) is 10.8 Å². The summed E-state index contributed by atoms with van der Waals surface area (Å²) in [6, 6.07) is -1.16. The van der Waals surface area contributed by atoms with Gasteiger partial charge in [-0.25, -0.2) is 0 Å². The molecule has 5 nitrogen and oxygen atoms in total. The van der Waals surface area contributed by atoms with Crippen molar-refractivity contribution in [2.24, 2.45) is 11.5 Å². The zero-order valence-electron chi connectivity index (χ0n) is 6.70. The van der Waals surface area contributed by atoms with Gasteiger partial charge in [-0.15, -0.1) is 0 Å². The van der Waals surface area contributed by atoms with Crippen LogP contribution in [0.3, 0.4) is 0 Å². The van der Waals surface area contributed by atoms with Crippen molar-refractivity contribution in [2.75, 3.05) is 0 Å². The summed E-state index contributed by atoms with van der Waals surface area (Å²) in [5.41, 5.74) is 9.57. The molecule has 0 saturated heterocycles. The van der Waals surface area contributed by atoms with Crippen LogP contribution in [0.25, 0.3) is 0 Å². The average Bonchev–Trinajstić information content (AvgIpc) is 1.63. The largest absolute Gasteiger partial charge is 1.00 e. The summed E-state index contributed by atoms with van der Waals surface area (Å²) in [4.78, 5) is 19.9. The molecule has 0 aromatic carbocycles. The van der Waals surface area contributed by atoms with E-state index in [1.54, 1.807) is 0 Å². The second kappa shape index (κ2) is 5.67. The van der Waals surface area contributed by atoms with Crippen LogP contribution >= 0.6 is 0 Å². The number of rotatable bonds is 3. The quantitative estimate of drug-likeness (QED) is 0.357. The van der Waals surface area contributed by atoms with Gasteiger partial charge in [-0.1, -0.05) is 0 Å². The average molecular weight is 156 g/mol. The summed E-state index contributed by atoms with van der Waals surface area (Å²) in [6.45, 7) is 0. The first-order valence-corrected chi connectivity index (χ1v) is 2.30. The molecule has 10 heavy (non-hydrogen) atoms. The molecule has 0 aliphatic carbocycles. The molecule has 1 atom stereocenters. The summed E-state index contributed by atoms with van der Waals surface area (Å²) < 4.78 is 0. The number of hydrogen-bond donors (Lipinski definition) is 3. The zero-order valence-corrected chi connectivity index (χ0v) is 7.70. The van der Waals surface area contributed by atoms with Crippen LogP contribution < -0.4 is 41.0 Å². The molecular weight excluding hydrogens is 147 g/mol. The number of nitrogens with two attached hydrogens (primary N) is 2. The smallest absolute Gasteiger partial charge is 1.00 e. The fourth-order valence-corrected chi connectivity index (χ4v) is 0.304. The summed E-state index contributed by atoms with van der Waals surface area (Å²) in [7, 11) is 0. The van der Waals surface area contributed by atoms with E-state index in [2.05, 4.69) is 5.73 Å². The molecule has 0 rings (SSSR count). The van der Waals surface area contributed by atoms with Gasteiger partial charge in [0.05, 0.1) is 6.42 Å². The Balaban J connectivity index is -0.000000320. The Morgan fingerprint density at radius 3 is 2.10 bits per heavy atom. The van der Waals surface area contributed by atoms with E-state index >= 15 is 0 Å². The fraction of sp³-hybridized carbons (Fsp3) is 0.500. The van der Waals surface area contributed by atoms with E-state index < -0.39 is 17.9 Å². The van der Waals surface area contributed by atoms with Crippen LogP contribution in [0.4, 0.5) is 0 Å². The van der Waals surface area contributed by atoms with E-state index in [-0.39, 0.29) is 37.4 Å². The van der Waals surface area contributed by atoms with Crippen molar-refractivity contribution in [3.63, 3.8) is 0 Å². The third-order valence-corrected chi connectivity index (χ3v) is 0.738. The Labute approximate surface area is 81.5 Å². The number of primary amides is 1. The second-order valence-electron chi connectivity index (χ2n) is 1.62.